The van der Waals surface area contributed by atoms with Crippen LogP contribution in [0.3, 0.4) is 0 Å². The number of aryl methyl sites for hydroxylation is 1. The topological polar surface area (TPSA) is 76.1 Å². The van der Waals surface area contributed by atoms with Gasteiger partial charge in [-0.05, 0) is 42.8 Å². The van der Waals surface area contributed by atoms with Crippen molar-refractivity contribution in [3.63, 3.8) is 0 Å². The minimum Gasteiger partial charge on any atom is -0.350 e. The van der Waals surface area contributed by atoms with Crippen LogP contribution >= 0.6 is 11.6 Å². The van der Waals surface area contributed by atoms with Gasteiger partial charge in [0.05, 0.1) is 15.5 Å². The van der Waals surface area contributed by atoms with Crippen LogP contribution in [0.4, 0.5) is 4.39 Å². The number of pyridine rings is 1. The molecule has 0 saturated heterocycles. The van der Waals surface area contributed by atoms with Gasteiger partial charge in [0, 0.05) is 18.9 Å². The molecular formula is C21H18ClFN2O3S. The average Bonchev–Trinajstić information content (AvgIpc) is 2.69. The lowest BCUT2D eigenvalue weighted by Crippen LogP contribution is -2.32. The van der Waals surface area contributed by atoms with E-state index in [1.807, 2.05) is 6.92 Å². The zero-order chi connectivity index (χ0) is 21.0. The van der Waals surface area contributed by atoms with Crippen LogP contribution in [-0.4, -0.2) is 25.9 Å². The molecule has 3 aromatic rings. The van der Waals surface area contributed by atoms with Gasteiger partial charge in [-0.15, -0.1) is 0 Å². The van der Waals surface area contributed by atoms with Crippen LogP contribution < -0.4 is 5.32 Å². The smallest absolute Gasteiger partial charge is 0.255 e. The summed E-state index contributed by atoms with van der Waals surface area (Å²) in [5, 5.41) is 1.34. The summed E-state index contributed by atoms with van der Waals surface area (Å²) in [7, 11) is -3.85. The normalized spacial score (nSPS) is 12.4. The zero-order valence-corrected chi connectivity index (χ0v) is 17.0. The van der Waals surface area contributed by atoms with E-state index < -0.39 is 26.8 Å². The number of aromatic nitrogens is 1. The highest BCUT2D eigenvalue weighted by molar-refractivity contribution is 7.91. The van der Waals surface area contributed by atoms with Crippen molar-refractivity contribution in [3.8, 4) is 0 Å². The molecule has 1 heterocycles. The van der Waals surface area contributed by atoms with Crippen LogP contribution in [0.1, 0.15) is 26.7 Å². The van der Waals surface area contributed by atoms with Gasteiger partial charge in [0.25, 0.3) is 5.91 Å². The van der Waals surface area contributed by atoms with E-state index in [0.717, 1.165) is 11.6 Å². The number of nitrogens with one attached hydrogen (secondary N) is 1. The van der Waals surface area contributed by atoms with Crippen LogP contribution in [0.25, 0.3) is 0 Å². The summed E-state index contributed by atoms with van der Waals surface area (Å²) < 4.78 is 40.5. The molecule has 5 nitrogen and oxygen atoms in total. The van der Waals surface area contributed by atoms with Crippen LogP contribution in [0.15, 0.2) is 71.9 Å². The van der Waals surface area contributed by atoms with Gasteiger partial charge < -0.3 is 5.32 Å². The minimum absolute atomic E-state index is 0.0539. The van der Waals surface area contributed by atoms with E-state index in [2.05, 4.69) is 10.3 Å². The van der Waals surface area contributed by atoms with Gasteiger partial charge in [-0.1, -0.05) is 41.4 Å². The molecule has 0 unspecified atom stereocenters. The van der Waals surface area contributed by atoms with Gasteiger partial charge >= 0.3 is 0 Å². The van der Waals surface area contributed by atoms with Crippen molar-refractivity contribution < 1.29 is 17.6 Å². The van der Waals surface area contributed by atoms with Crippen molar-refractivity contribution >= 4 is 27.3 Å². The standard InChI is InChI=1S/C21H18ClFN2O3S/c1-14-7-9-16(10-8-14)29(27,28)19(15-4-3-11-24-12-15)13-25-21(26)20-17(22)5-2-6-18(20)23/h2-12,19H,13H2,1H3,(H,25,26)/t19-/m0/s1. The Balaban J connectivity index is 1.93. The second kappa shape index (κ2) is 8.71. The number of hydrogen-bond acceptors (Lipinski definition) is 4. The van der Waals surface area contributed by atoms with E-state index in [4.69, 9.17) is 11.6 Å². The number of carbonyl (C=O) groups excluding carboxylic acids is 1. The SMILES string of the molecule is Cc1ccc(S(=O)(=O)[C@@H](CNC(=O)c2c(F)cccc2Cl)c2cccnc2)cc1. The molecule has 1 atom stereocenters. The average molecular weight is 433 g/mol. The summed E-state index contributed by atoms with van der Waals surface area (Å²) in [5.74, 6) is -1.57. The van der Waals surface area contributed by atoms with E-state index in [-0.39, 0.29) is 22.0 Å². The van der Waals surface area contributed by atoms with Gasteiger partial charge in [0.2, 0.25) is 0 Å². The molecule has 150 valence electrons. The Morgan fingerprint density at radius 1 is 1.14 bits per heavy atom. The molecule has 0 aliphatic rings. The summed E-state index contributed by atoms with van der Waals surface area (Å²) in [5.41, 5.74) is 1.00. The van der Waals surface area contributed by atoms with Crippen molar-refractivity contribution in [2.24, 2.45) is 0 Å². The Kier molecular flexibility index (Phi) is 6.30. The van der Waals surface area contributed by atoms with E-state index >= 15 is 0 Å². The van der Waals surface area contributed by atoms with Crippen molar-refractivity contribution in [1.29, 1.82) is 0 Å². The molecule has 2 aromatic carbocycles. The summed E-state index contributed by atoms with van der Waals surface area (Å²) in [4.78, 5) is 16.6. The lowest BCUT2D eigenvalue weighted by molar-refractivity contribution is 0.0950. The molecule has 0 spiro atoms. The van der Waals surface area contributed by atoms with Crippen molar-refractivity contribution in [2.75, 3.05) is 6.54 Å². The maximum absolute atomic E-state index is 14.0. The number of rotatable bonds is 6. The molecular weight excluding hydrogens is 415 g/mol. The monoisotopic (exact) mass is 432 g/mol. The van der Waals surface area contributed by atoms with E-state index in [0.29, 0.717) is 5.56 Å². The maximum Gasteiger partial charge on any atom is 0.255 e. The molecule has 0 aliphatic carbocycles. The number of carbonyl (C=O) groups is 1. The third-order valence-corrected chi connectivity index (χ3v) is 6.85. The molecule has 1 N–H and O–H groups in total. The van der Waals surface area contributed by atoms with Crippen molar-refractivity contribution in [1.82, 2.24) is 10.3 Å². The Hall–Kier alpha value is -2.77. The Labute approximate surface area is 173 Å². The summed E-state index contributed by atoms with van der Waals surface area (Å²) in [6, 6.07) is 13.6. The first-order valence-electron chi connectivity index (χ1n) is 8.73. The number of amides is 1. The van der Waals surface area contributed by atoms with Gasteiger partial charge in [0.15, 0.2) is 9.84 Å². The van der Waals surface area contributed by atoms with E-state index in [9.17, 15) is 17.6 Å². The number of sulfone groups is 1. The molecule has 3 rings (SSSR count). The van der Waals surface area contributed by atoms with Crippen LogP contribution in [-0.2, 0) is 9.84 Å². The van der Waals surface area contributed by atoms with Crippen LogP contribution in [0.5, 0.6) is 0 Å². The molecule has 0 bridgehead atoms. The Bertz CT molecular complexity index is 1100. The first kappa shape index (κ1) is 21.0. The van der Waals surface area contributed by atoms with E-state index in [1.165, 1.54) is 36.7 Å². The molecule has 1 aromatic heterocycles. The summed E-state index contributed by atoms with van der Waals surface area (Å²) >= 11 is 5.93. The van der Waals surface area contributed by atoms with Crippen LogP contribution in [0, 0.1) is 12.7 Å². The Morgan fingerprint density at radius 2 is 1.86 bits per heavy atom. The second-order valence-corrected chi connectivity index (χ2v) is 8.98. The van der Waals surface area contributed by atoms with Crippen LogP contribution in [0.2, 0.25) is 5.02 Å². The summed E-state index contributed by atoms with van der Waals surface area (Å²) in [6.45, 7) is 1.58. The predicted molar refractivity (Wildman–Crippen MR) is 109 cm³/mol. The van der Waals surface area contributed by atoms with Crippen molar-refractivity contribution in [2.45, 2.75) is 17.1 Å². The van der Waals surface area contributed by atoms with Gasteiger partial charge in [0.1, 0.15) is 11.1 Å². The third kappa shape index (κ3) is 4.63. The first-order valence-corrected chi connectivity index (χ1v) is 10.7. The highest BCUT2D eigenvalue weighted by Gasteiger charge is 2.30. The van der Waals surface area contributed by atoms with Gasteiger partial charge in [-0.2, -0.15) is 0 Å². The van der Waals surface area contributed by atoms with Crippen molar-refractivity contribution in [3.05, 3.63) is 94.5 Å². The van der Waals surface area contributed by atoms with Gasteiger partial charge in [-0.3, -0.25) is 9.78 Å². The first-order chi connectivity index (χ1) is 13.8. The predicted octanol–water partition coefficient (Wildman–Crippen LogP) is 4.13. The highest BCUT2D eigenvalue weighted by Crippen LogP contribution is 2.28. The van der Waals surface area contributed by atoms with Gasteiger partial charge in [-0.25, -0.2) is 12.8 Å². The fourth-order valence-corrected chi connectivity index (χ4v) is 4.75. The number of hydrogen-bond donors (Lipinski definition) is 1. The molecule has 0 radical (unpaired) electrons. The number of nitrogens with zero attached hydrogens (tertiary/aromatic N) is 1. The quantitative estimate of drug-likeness (QED) is 0.635. The van der Waals surface area contributed by atoms with E-state index in [1.54, 1.807) is 24.3 Å². The lowest BCUT2D eigenvalue weighted by atomic mass is 10.1. The summed E-state index contributed by atoms with van der Waals surface area (Å²) in [6.07, 6.45) is 2.95. The molecule has 0 aliphatic heterocycles. The molecule has 0 saturated carbocycles. The third-order valence-electron chi connectivity index (χ3n) is 4.42. The molecule has 8 heteroatoms. The minimum atomic E-state index is -3.85. The number of benzene rings is 2. The fraction of sp³-hybridized carbons (Fsp3) is 0.143. The molecule has 0 fully saturated rings. The zero-order valence-electron chi connectivity index (χ0n) is 15.5. The second-order valence-electron chi connectivity index (χ2n) is 6.44. The fourth-order valence-electron chi connectivity index (χ4n) is 2.85. The molecule has 29 heavy (non-hydrogen) atoms. The molecule has 1 amide bonds. The lowest BCUT2D eigenvalue weighted by Gasteiger charge is -2.19. The number of halogens is 2. The maximum atomic E-state index is 14.0. The Morgan fingerprint density at radius 3 is 2.48 bits per heavy atom. The largest absolute Gasteiger partial charge is 0.350 e. The highest BCUT2D eigenvalue weighted by atomic mass is 35.5.